The van der Waals surface area contributed by atoms with Crippen LogP contribution in [0.5, 0.6) is 5.75 Å². The fraction of sp³-hybridized carbons (Fsp3) is 0.375. The number of phenolic OH excluding ortho intramolecular Hbond substituents is 1. The number of hydrogen-bond donors (Lipinski definition) is 7. The Balaban J connectivity index is 1.95. The van der Waals surface area contributed by atoms with Crippen LogP contribution in [0, 0.1) is 11.8 Å². The van der Waals surface area contributed by atoms with Crippen molar-refractivity contribution in [3.05, 3.63) is 45.7 Å². The molecule has 9 N–H and O–H groups in total. The van der Waals surface area contributed by atoms with E-state index in [0.29, 0.717) is 16.8 Å². The van der Waals surface area contributed by atoms with Crippen molar-refractivity contribution in [3.63, 3.8) is 0 Å². The highest BCUT2D eigenvalue weighted by Gasteiger charge is 2.64. The van der Waals surface area contributed by atoms with Crippen LogP contribution < -0.4 is 16.9 Å². The van der Waals surface area contributed by atoms with Crippen LogP contribution in [-0.4, -0.2) is 80.3 Å². The second kappa shape index (κ2) is 8.71. The lowest BCUT2D eigenvalue weighted by Gasteiger charge is -2.50. The lowest BCUT2D eigenvalue weighted by molar-refractivity contribution is -0.153. The summed E-state index contributed by atoms with van der Waals surface area (Å²) in [5.74, 6) is -7.28. The van der Waals surface area contributed by atoms with E-state index in [0.717, 1.165) is 0 Å². The van der Waals surface area contributed by atoms with Gasteiger partial charge in [-0.15, -0.1) is 0 Å². The second-order valence-electron chi connectivity index (χ2n) is 9.62. The predicted octanol–water partition coefficient (Wildman–Crippen LogP) is -0.644. The molecule has 0 aliphatic heterocycles. The molecule has 0 aromatic heterocycles. The quantitative estimate of drug-likeness (QED) is 0.154. The van der Waals surface area contributed by atoms with Gasteiger partial charge in [-0.3, -0.25) is 19.3 Å². The fourth-order valence-electron chi connectivity index (χ4n) is 5.78. The second-order valence-corrected chi connectivity index (χ2v) is 9.62. The number of hydrazone groups is 1. The number of benzene rings is 1. The standard InChI is InChI=1S/C24H27N5O8/c1-8(27-28-23(26)36)10-4-5-13(30)15-11(10)6-9-7-12-17(29(2)3)19(32)16(22(25)35)21(34)24(12,37)20(33)14(9)18(15)31/h4-5,9,12,17,30-31,34,37H,6-7H2,1-3H3,(H2,25,35)(H3,26,28,36)/b27-8-. The highest BCUT2D eigenvalue weighted by molar-refractivity contribution is 6.24. The molecule has 1 saturated carbocycles. The molecule has 13 nitrogen and oxygen atoms in total. The molecule has 1 fully saturated rings. The Morgan fingerprint density at radius 2 is 1.81 bits per heavy atom. The molecule has 3 aliphatic carbocycles. The number of fused-ring (bicyclic) bond motifs is 3. The lowest BCUT2D eigenvalue weighted by Crippen LogP contribution is -2.65. The van der Waals surface area contributed by atoms with Gasteiger partial charge in [-0.25, -0.2) is 10.2 Å². The van der Waals surface area contributed by atoms with E-state index in [-0.39, 0.29) is 29.7 Å². The summed E-state index contributed by atoms with van der Waals surface area (Å²) < 4.78 is 0. The maximum Gasteiger partial charge on any atom is 0.332 e. The molecule has 4 atom stereocenters. The predicted molar refractivity (Wildman–Crippen MR) is 129 cm³/mol. The number of Topliss-reactive ketones (excluding diaryl/α,β-unsaturated/α-hetero) is 2. The van der Waals surface area contributed by atoms with Gasteiger partial charge in [0.25, 0.3) is 5.91 Å². The summed E-state index contributed by atoms with van der Waals surface area (Å²) in [6, 6.07) is 0.719. The minimum atomic E-state index is -2.71. The topological polar surface area (TPSA) is 229 Å². The van der Waals surface area contributed by atoms with Crippen LogP contribution in [0.3, 0.4) is 0 Å². The molecule has 196 valence electrons. The van der Waals surface area contributed by atoms with E-state index in [4.69, 9.17) is 11.5 Å². The van der Waals surface area contributed by atoms with Crippen molar-refractivity contribution in [2.24, 2.45) is 28.4 Å². The molecule has 13 heteroatoms. The van der Waals surface area contributed by atoms with Crippen LogP contribution in [0.4, 0.5) is 4.79 Å². The van der Waals surface area contributed by atoms with E-state index in [1.54, 1.807) is 6.92 Å². The number of nitrogens with two attached hydrogens (primary N) is 2. The summed E-state index contributed by atoms with van der Waals surface area (Å²) in [7, 11) is 3.05. The number of carbonyl (C=O) groups excluding carboxylic acids is 4. The van der Waals surface area contributed by atoms with Gasteiger partial charge >= 0.3 is 6.03 Å². The number of amides is 3. The Labute approximate surface area is 210 Å². The van der Waals surface area contributed by atoms with Gasteiger partial charge in [0.1, 0.15) is 22.8 Å². The Bertz CT molecular complexity index is 1360. The molecular formula is C24H27N5O8. The third-order valence-electron chi connectivity index (χ3n) is 7.33. The van der Waals surface area contributed by atoms with Crippen molar-refractivity contribution in [3.8, 4) is 5.75 Å². The molecule has 3 amide bonds. The van der Waals surface area contributed by atoms with Crippen molar-refractivity contribution >= 4 is 35.0 Å². The molecule has 0 radical (unpaired) electrons. The summed E-state index contributed by atoms with van der Waals surface area (Å²) in [4.78, 5) is 51.4. The minimum Gasteiger partial charge on any atom is -0.508 e. The molecule has 4 rings (SSSR count). The number of rotatable bonds is 4. The number of hydrogen-bond acceptors (Lipinski definition) is 10. The minimum absolute atomic E-state index is 0.0451. The summed E-state index contributed by atoms with van der Waals surface area (Å²) in [6.07, 6.45) is 0.0400. The normalized spacial score (nSPS) is 27.6. The molecule has 37 heavy (non-hydrogen) atoms. The van der Waals surface area contributed by atoms with Crippen LogP contribution in [-0.2, 0) is 20.8 Å². The molecule has 0 bridgehead atoms. The van der Waals surface area contributed by atoms with Crippen LogP contribution >= 0.6 is 0 Å². The van der Waals surface area contributed by atoms with Crippen LogP contribution in [0.15, 0.2) is 34.1 Å². The fourth-order valence-corrected chi connectivity index (χ4v) is 5.78. The number of carbonyl (C=O) groups is 4. The molecule has 1 aromatic rings. The lowest BCUT2D eigenvalue weighted by atomic mass is 9.57. The van der Waals surface area contributed by atoms with Crippen molar-refractivity contribution in [1.82, 2.24) is 10.3 Å². The van der Waals surface area contributed by atoms with Gasteiger partial charge in [0.2, 0.25) is 5.78 Å². The zero-order chi connectivity index (χ0) is 27.6. The first-order chi connectivity index (χ1) is 17.2. The Kier molecular flexibility index (Phi) is 6.08. The number of aromatic hydroxyl groups is 1. The van der Waals surface area contributed by atoms with E-state index in [9.17, 15) is 39.6 Å². The van der Waals surface area contributed by atoms with E-state index in [2.05, 4.69) is 10.5 Å². The number of nitrogens with zero attached hydrogens (tertiary/aromatic N) is 2. The maximum atomic E-state index is 13.8. The summed E-state index contributed by atoms with van der Waals surface area (Å²) in [5.41, 5.74) is 9.74. The average molecular weight is 514 g/mol. The largest absolute Gasteiger partial charge is 0.508 e. The van der Waals surface area contributed by atoms with Crippen molar-refractivity contribution in [1.29, 1.82) is 0 Å². The van der Waals surface area contributed by atoms with E-state index < -0.39 is 64.1 Å². The van der Waals surface area contributed by atoms with E-state index in [1.807, 2.05) is 0 Å². The maximum absolute atomic E-state index is 13.8. The smallest absolute Gasteiger partial charge is 0.332 e. The summed E-state index contributed by atoms with van der Waals surface area (Å²) >= 11 is 0. The zero-order valence-corrected chi connectivity index (χ0v) is 20.3. The Hall–Kier alpha value is -4.23. The number of primary amides is 2. The first-order valence-corrected chi connectivity index (χ1v) is 11.3. The highest BCUT2D eigenvalue weighted by atomic mass is 16.3. The van der Waals surface area contributed by atoms with Gasteiger partial charge < -0.3 is 31.9 Å². The average Bonchev–Trinajstić information content (AvgIpc) is 2.79. The van der Waals surface area contributed by atoms with Crippen LogP contribution in [0.1, 0.15) is 30.0 Å². The summed E-state index contributed by atoms with van der Waals surface area (Å²) in [5, 5.41) is 48.1. The number of urea groups is 1. The van der Waals surface area contributed by atoms with Gasteiger partial charge in [-0.05, 0) is 57.5 Å². The first-order valence-electron chi connectivity index (χ1n) is 11.3. The monoisotopic (exact) mass is 513 g/mol. The Morgan fingerprint density at radius 3 is 2.38 bits per heavy atom. The molecule has 3 aliphatic rings. The van der Waals surface area contributed by atoms with Gasteiger partial charge in [-0.1, -0.05) is 0 Å². The SMILES string of the molecule is C/C(=N/NC(N)=O)c1ccc(O)c2c1CC1CC3C(N(C)C)C(=O)C(C(N)=O)=C(O)C3(O)C(=O)C1=C2O. The van der Waals surface area contributed by atoms with Gasteiger partial charge in [-0.2, -0.15) is 5.10 Å². The van der Waals surface area contributed by atoms with Crippen LogP contribution in [0.25, 0.3) is 5.76 Å². The number of aliphatic hydroxyl groups excluding tert-OH is 2. The third-order valence-corrected chi connectivity index (χ3v) is 7.33. The van der Waals surface area contributed by atoms with Gasteiger partial charge in [0.15, 0.2) is 11.4 Å². The number of likely N-dealkylation sites (N-methyl/N-ethyl adjacent to an activating group) is 1. The van der Waals surface area contributed by atoms with Gasteiger partial charge in [0, 0.05) is 17.1 Å². The molecule has 4 unspecified atom stereocenters. The number of nitrogens with one attached hydrogen (secondary N) is 1. The van der Waals surface area contributed by atoms with Crippen molar-refractivity contribution in [2.45, 2.75) is 31.4 Å². The first kappa shape index (κ1) is 25.9. The van der Waals surface area contributed by atoms with E-state index >= 15 is 0 Å². The van der Waals surface area contributed by atoms with Crippen LogP contribution in [0.2, 0.25) is 0 Å². The van der Waals surface area contributed by atoms with Crippen molar-refractivity contribution in [2.75, 3.05) is 14.1 Å². The summed E-state index contributed by atoms with van der Waals surface area (Å²) in [6.45, 7) is 1.57. The number of ketones is 2. The highest BCUT2D eigenvalue weighted by Crippen LogP contribution is 2.52. The number of aliphatic hydroxyl groups is 3. The zero-order valence-electron chi connectivity index (χ0n) is 20.3. The third kappa shape index (κ3) is 3.65. The van der Waals surface area contributed by atoms with Gasteiger partial charge in [0.05, 0.1) is 17.3 Å². The molecule has 0 saturated heterocycles. The molecule has 1 aromatic carbocycles. The molecule has 0 heterocycles. The van der Waals surface area contributed by atoms with E-state index in [1.165, 1.54) is 31.1 Å². The Morgan fingerprint density at radius 1 is 1.16 bits per heavy atom. The molecular weight excluding hydrogens is 486 g/mol. The molecule has 0 spiro atoms. The van der Waals surface area contributed by atoms with Crippen molar-refractivity contribution < 1.29 is 39.6 Å². The number of phenols is 1.